The summed E-state index contributed by atoms with van der Waals surface area (Å²) in [5.74, 6) is -0.0832. The van der Waals surface area contributed by atoms with E-state index in [1.54, 1.807) is 0 Å². The largest absolute Gasteiger partial charge is 0.368 e. The van der Waals surface area contributed by atoms with E-state index in [0.717, 1.165) is 30.1 Å². The Morgan fingerprint density at radius 1 is 1.79 bits per heavy atom. The fraction of sp³-hybridized carbons (Fsp3) is 0.538. The molecule has 1 saturated heterocycles. The second-order valence-corrected chi connectivity index (χ2v) is 5.62. The summed E-state index contributed by atoms with van der Waals surface area (Å²) in [5, 5.41) is 13.9. The van der Waals surface area contributed by atoms with Crippen LogP contribution in [-0.2, 0) is 4.79 Å². The Balaban J connectivity index is 1.94. The number of hydrogen-bond acceptors (Lipinski definition) is 5. The Morgan fingerprint density at radius 2 is 2.58 bits per heavy atom. The summed E-state index contributed by atoms with van der Waals surface area (Å²) < 4.78 is 0. The molecule has 0 aliphatic carbocycles. The van der Waals surface area contributed by atoms with Crippen LogP contribution in [0.15, 0.2) is 11.4 Å². The van der Waals surface area contributed by atoms with Gasteiger partial charge in [-0.3, -0.25) is 4.79 Å². The van der Waals surface area contributed by atoms with Gasteiger partial charge in [0.1, 0.15) is 10.9 Å². The number of hydrogen-bond donors (Lipinski definition) is 2. The lowest BCUT2D eigenvalue weighted by Gasteiger charge is -2.19. The predicted octanol–water partition coefficient (Wildman–Crippen LogP) is 1.05. The van der Waals surface area contributed by atoms with Crippen LogP contribution in [-0.4, -0.2) is 31.1 Å². The molecule has 2 unspecified atom stereocenters. The molecular formula is C13H18N4OS. The van der Waals surface area contributed by atoms with E-state index in [2.05, 4.69) is 16.3 Å². The molecule has 1 aliphatic heterocycles. The first-order valence-electron chi connectivity index (χ1n) is 6.44. The minimum absolute atomic E-state index is 0.0832. The van der Waals surface area contributed by atoms with E-state index >= 15 is 0 Å². The fourth-order valence-corrected chi connectivity index (χ4v) is 2.93. The molecule has 2 atom stereocenters. The maximum Gasteiger partial charge on any atom is 0.237 e. The number of nitriles is 1. The monoisotopic (exact) mass is 278 g/mol. The van der Waals surface area contributed by atoms with Crippen LogP contribution in [0.3, 0.4) is 0 Å². The normalized spacial score (nSPS) is 20.1. The smallest absolute Gasteiger partial charge is 0.237 e. The zero-order valence-corrected chi connectivity index (χ0v) is 11.7. The van der Waals surface area contributed by atoms with E-state index in [0.29, 0.717) is 6.42 Å². The number of amides is 1. The molecule has 0 radical (unpaired) electrons. The number of carbonyl (C=O) groups is 1. The van der Waals surface area contributed by atoms with Gasteiger partial charge < -0.3 is 16.0 Å². The Morgan fingerprint density at radius 3 is 3.26 bits per heavy atom. The van der Waals surface area contributed by atoms with Crippen molar-refractivity contribution in [2.45, 2.75) is 31.8 Å². The van der Waals surface area contributed by atoms with Gasteiger partial charge in [-0.1, -0.05) is 6.92 Å². The lowest BCUT2D eigenvalue weighted by atomic mass is 10.2. The summed E-state index contributed by atoms with van der Waals surface area (Å²) in [6.45, 7) is 3.50. The fourth-order valence-electron chi connectivity index (χ4n) is 2.23. The zero-order chi connectivity index (χ0) is 13.8. The van der Waals surface area contributed by atoms with Crippen LogP contribution in [0, 0.1) is 11.3 Å². The third kappa shape index (κ3) is 3.06. The van der Waals surface area contributed by atoms with Crippen molar-refractivity contribution in [3.05, 3.63) is 16.3 Å². The van der Waals surface area contributed by atoms with Crippen LogP contribution >= 0.6 is 11.3 Å². The van der Waals surface area contributed by atoms with Crippen LogP contribution in [0.25, 0.3) is 0 Å². The molecule has 6 heteroatoms. The second-order valence-electron chi connectivity index (χ2n) is 4.70. The van der Waals surface area contributed by atoms with Crippen molar-refractivity contribution >= 4 is 22.9 Å². The Labute approximate surface area is 117 Å². The van der Waals surface area contributed by atoms with Crippen molar-refractivity contribution in [2.75, 3.05) is 18.0 Å². The first kappa shape index (κ1) is 13.8. The lowest BCUT2D eigenvalue weighted by molar-refractivity contribution is -0.123. The van der Waals surface area contributed by atoms with E-state index in [9.17, 15) is 4.79 Å². The van der Waals surface area contributed by atoms with Crippen molar-refractivity contribution < 1.29 is 4.79 Å². The SMILES string of the molecule is CCC(N)C(=O)NC1CCN(c2ccsc2C#N)C1. The van der Waals surface area contributed by atoms with Gasteiger partial charge in [0.15, 0.2) is 0 Å². The molecule has 1 amide bonds. The Bertz CT molecular complexity index is 493. The Kier molecular flexibility index (Phi) is 4.40. The van der Waals surface area contributed by atoms with Crippen LogP contribution in [0.1, 0.15) is 24.6 Å². The van der Waals surface area contributed by atoms with Crippen molar-refractivity contribution in [2.24, 2.45) is 5.73 Å². The molecule has 0 spiro atoms. The number of rotatable bonds is 4. The first-order chi connectivity index (χ1) is 9.15. The standard InChI is InChI=1S/C13H18N4OS/c1-2-10(15)13(18)16-9-3-5-17(8-9)11-4-6-19-12(11)7-14/h4,6,9-10H,2-3,5,8,15H2,1H3,(H,16,18). The molecule has 1 aromatic heterocycles. The molecule has 2 heterocycles. The number of nitrogens with zero attached hydrogens (tertiary/aromatic N) is 2. The van der Waals surface area contributed by atoms with Gasteiger partial charge in [-0.25, -0.2) is 0 Å². The molecule has 2 rings (SSSR count). The summed E-state index contributed by atoms with van der Waals surface area (Å²) in [6.07, 6.45) is 1.54. The van der Waals surface area contributed by atoms with E-state index < -0.39 is 6.04 Å². The van der Waals surface area contributed by atoms with Gasteiger partial charge in [-0.2, -0.15) is 5.26 Å². The van der Waals surface area contributed by atoms with E-state index in [-0.39, 0.29) is 11.9 Å². The molecular weight excluding hydrogens is 260 g/mol. The molecule has 0 aromatic carbocycles. The zero-order valence-electron chi connectivity index (χ0n) is 10.9. The number of nitrogens with two attached hydrogens (primary N) is 1. The summed E-state index contributed by atoms with van der Waals surface area (Å²) in [4.78, 5) is 14.6. The topological polar surface area (TPSA) is 82.2 Å². The van der Waals surface area contributed by atoms with Crippen LogP contribution in [0.4, 0.5) is 5.69 Å². The maximum absolute atomic E-state index is 11.7. The third-order valence-corrected chi connectivity index (χ3v) is 4.21. The minimum atomic E-state index is -0.426. The second kappa shape index (κ2) is 6.04. The highest BCUT2D eigenvalue weighted by Gasteiger charge is 2.26. The van der Waals surface area contributed by atoms with Crippen LogP contribution in [0.2, 0.25) is 0 Å². The van der Waals surface area contributed by atoms with Gasteiger partial charge in [-0.05, 0) is 24.3 Å². The van der Waals surface area contributed by atoms with Gasteiger partial charge in [0, 0.05) is 19.1 Å². The number of anilines is 1. The quantitative estimate of drug-likeness (QED) is 0.862. The van der Waals surface area contributed by atoms with E-state index in [1.165, 1.54) is 11.3 Å². The average Bonchev–Trinajstić information content (AvgIpc) is 3.05. The maximum atomic E-state index is 11.7. The molecule has 1 aromatic rings. The predicted molar refractivity (Wildman–Crippen MR) is 76.1 cm³/mol. The molecule has 5 nitrogen and oxygen atoms in total. The Hall–Kier alpha value is -1.58. The number of thiophene rings is 1. The molecule has 3 N–H and O–H groups in total. The molecule has 102 valence electrons. The first-order valence-corrected chi connectivity index (χ1v) is 7.32. The molecule has 0 saturated carbocycles. The number of nitrogens with one attached hydrogen (secondary N) is 1. The summed E-state index contributed by atoms with van der Waals surface area (Å²) >= 11 is 1.45. The highest BCUT2D eigenvalue weighted by atomic mass is 32.1. The van der Waals surface area contributed by atoms with E-state index in [1.807, 2.05) is 18.4 Å². The highest BCUT2D eigenvalue weighted by Crippen LogP contribution is 2.28. The molecule has 19 heavy (non-hydrogen) atoms. The lowest BCUT2D eigenvalue weighted by Crippen LogP contribution is -2.46. The van der Waals surface area contributed by atoms with E-state index in [4.69, 9.17) is 11.0 Å². The molecule has 1 aliphatic rings. The van der Waals surface area contributed by atoms with Gasteiger partial charge >= 0.3 is 0 Å². The van der Waals surface area contributed by atoms with Gasteiger partial charge in [0.05, 0.1) is 11.7 Å². The van der Waals surface area contributed by atoms with Gasteiger partial charge in [0.2, 0.25) is 5.91 Å². The summed E-state index contributed by atoms with van der Waals surface area (Å²) in [7, 11) is 0. The summed E-state index contributed by atoms with van der Waals surface area (Å²) in [5.41, 5.74) is 6.68. The average molecular weight is 278 g/mol. The highest BCUT2D eigenvalue weighted by molar-refractivity contribution is 7.11. The van der Waals surface area contributed by atoms with Gasteiger partial charge in [0.25, 0.3) is 0 Å². The minimum Gasteiger partial charge on any atom is -0.368 e. The van der Waals surface area contributed by atoms with Crippen LogP contribution in [0.5, 0.6) is 0 Å². The third-order valence-electron chi connectivity index (χ3n) is 3.40. The van der Waals surface area contributed by atoms with Gasteiger partial charge in [-0.15, -0.1) is 11.3 Å². The van der Waals surface area contributed by atoms with Crippen molar-refractivity contribution in [3.63, 3.8) is 0 Å². The van der Waals surface area contributed by atoms with Crippen LogP contribution < -0.4 is 16.0 Å². The van der Waals surface area contributed by atoms with Crippen molar-refractivity contribution in [3.8, 4) is 6.07 Å². The van der Waals surface area contributed by atoms with Crippen molar-refractivity contribution in [1.29, 1.82) is 5.26 Å². The number of carbonyl (C=O) groups excluding carboxylic acids is 1. The van der Waals surface area contributed by atoms with Crippen molar-refractivity contribution in [1.82, 2.24) is 5.32 Å². The summed E-state index contributed by atoms with van der Waals surface area (Å²) in [6, 6.07) is 3.86. The molecule has 0 bridgehead atoms. The molecule has 1 fully saturated rings.